The van der Waals surface area contributed by atoms with E-state index in [2.05, 4.69) is 0 Å². The maximum atomic E-state index is 11.8. The second-order valence-corrected chi connectivity index (χ2v) is 5.24. The first-order valence-electron chi connectivity index (χ1n) is 6.72. The van der Waals surface area contributed by atoms with Crippen LogP contribution in [-0.4, -0.2) is 35.6 Å². The van der Waals surface area contributed by atoms with Crippen molar-refractivity contribution in [2.75, 3.05) is 11.4 Å². The molecule has 6 nitrogen and oxygen atoms in total. The monoisotopic (exact) mass is 291 g/mol. The van der Waals surface area contributed by atoms with Crippen molar-refractivity contribution in [1.82, 2.24) is 0 Å². The van der Waals surface area contributed by atoms with Gasteiger partial charge in [-0.1, -0.05) is 0 Å². The van der Waals surface area contributed by atoms with Crippen LogP contribution in [0.4, 0.5) is 5.69 Å². The Kier molecular flexibility index (Phi) is 4.26. The summed E-state index contributed by atoms with van der Waals surface area (Å²) >= 11 is 0. The van der Waals surface area contributed by atoms with Gasteiger partial charge in [0.1, 0.15) is 0 Å². The van der Waals surface area contributed by atoms with Gasteiger partial charge in [-0.3, -0.25) is 9.59 Å². The Balaban J connectivity index is 2.11. The zero-order chi connectivity index (χ0) is 15.6. The topological polar surface area (TPSA) is 83.9 Å². The number of amides is 1. The molecule has 0 saturated carbocycles. The molecule has 1 aliphatic rings. The summed E-state index contributed by atoms with van der Waals surface area (Å²) in [7, 11) is 0. The van der Waals surface area contributed by atoms with E-state index in [9.17, 15) is 14.4 Å². The van der Waals surface area contributed by atoms with Crippen molar-refractivity contribution in [2.45, 2.75) is 26.4 Å². The summed E-state index contributed by atoms with van der Waals surface area (Å²) in [6.07, 6.45) is -0.194. The predicted molar refractivity (Wildman–Crippen MR) is 75.1 cm³/mol. The molecule has 1 heterocycles. The molecule has 1 fully saturated rings. The van der Waals surface area contributed by atoms with E-state index in [0.29, 0.717) is 11.3 Å². The highest BCUT2D eigenvalue weighted by atomic mass is 16.5. The molecular formula is C15H17NO5. The highest BCUT2D eigenvalue weighted by Gasteiger charge is 2.35. The van der Waals surface area contributed by atoms with Crippen LogP contribution in [-0.2, 0) is 14.3 Å². The van der Waals surface area contributed by atoms with Crippen molar-refractivity contribution in [3.8, 4) is 0 Å². The molecule has 1 saturated heterocycles. The van der Waals surface area contributed by atoms with Crippen LogP contribution in [0, 0.1) is 5.92 Å². The fourth-order valence-corrected chi connectivity index (χ4v) is 2.18. The molecule has 21 heavy (non-hydrogen) atoms. The van der Waals surface area contributed by atoms with Gasteiger partial charge in [-0.15, -0.1) is 0 Å². The smallest absolute Gasteiger partial charge is 0.338 e. The maximum Gasteiger partial charge on any atom is 0.338 e. The lowest BCUT2D eigenvalue weighted by Gasteiger charge is -2.16. The van der Waals surface area contributed by atoms with Gasteiger partial charge in [0.15, 0.2) is 0 Å². The highest BCUT2D eigenvalue weighted by molar-refractivity contribution is 5.99. The minimum Gasteiger partial charge on any atom is -0.481 e. The van der Waals surface area contributed by atoms with E-state index >= 15 is 0 Å². The van der Waals surface area contributed by atoms with Crippen LogP contribution < -0.4 is 4.90 Å². The van der Waals surface area contributed by atoms with Crippen molar-refractivity contribution in [2.24, 2.45) is 5.92 Å². The number of carbonyl (C=O) groups is 3. The number of hydrogen-bond donors (Lipinski definition) is 1. The number of hydrogen-bond acceptors (Lipinski definition) is 4. The van der Waals surface area contributed by atoms with E-state index in [-0.39, 0.29) is 25.0 Å². The van der Waals surface area contributed by atoms with E-state index in [1.165, 1.54) is 4.90 Å². The summed E-state index contributed by atoms with van der Waals surface area (Å²) in [6.45, 7) is 3.69. The third kappa shape index (κ3) is 3.39. The normalized spacial score (nSPS) is 18.1. The molecule has 1 amide bonds. The molecule has 1 aromatic rings. The first-order chi connectivity index (χ1) is 9.88. The second-order valence-electron chi connectivity index (χ2n) is 5.24. The van der Waals surface area contributed by atoms with Gasteiger partial charge in [0.25, 0.3) is 0 Å². The molecule has 0 aliphatic carbocycles. The SMILES string of the molecule is CC(C)OC(=O)c1ccc(N2C[C@@H](C(=O)O)CC2=O)cc1. The largest absolute Gasteiger partial charge is 0.481 e. The van der Waals surface area contributed by atoms with Crippen LogP contribution in [0.25, 0.3) is 0 Å². The van der Waals surface area contributed by atoms with Gasteiger partial charge in [0.2, 0.25) is 5.91 Å². The van der Waals surface area contributed by atoms with Gasteiger partial charge < -0.3 is 14.7 Å². The number of rotatable bonds is 4. The third-order valence-corrected chi connectivity index (χ3v) is 3.23. The fraction of sp³-hybridized carbons (Fsp3) is 0.400. The lowest BCUT2D eigenvalue weighted by molar-refractivity contribution is -0.141. The number of esters is 1. The summed E-state index contributed by atoms with van der Waals surface area (Å²) in [5, 5.41) is 8.96. The Labute approximate surface area is 122 Å². The molecule has 2 rings (SSSR count). The first kappa shape index (κ1) is 15.0. The fourth-order valence-electron chi connectivity index (χ4n) is 2.18. The molecule has 0 radical (unpaired) electrons. The standard InChI is InChI=1S/C15H17NO5/c1-9(2)21-15(20)10-3-5-12(6-4-10)16-8-11(14(18)19)7-13(16)17/h3-6,9,11H,7-8H2,1-2H3,(H,18,19)/t11-/m0/s1. The number of carbonyl (C=O) groups excluding carboxylic acids is 2. The number of anilines is 1. The van der Waals surface area contributed by atoms with Crippen LogP contribution in [0.5, 0.6) is 0 Å². The molecule has 0 unspecified atom stereocenters. The van der Waals surface area contributed by atoms with Crippen LogP contribution in [0.2, 0.25) is 0 Å². The lowest BCUT2D eigenvalue weighted by atomic mass is 10.1. The number of carboxylic acids is 1. The molecular weight excluding hydrogens is 274 g/mol. The van der Waals surface area contributed by atoms with E-state index < -0.39 is 17.9 Å². The van der Waals surface area contributed by atoms with Gasteiger partial charge in [-0.25, -0.2) is 4.79 Å². The zero-order valence-corrected chi connectivity index (χ0v) is 11.9. The van der Waals surface area contributed by atoms with Crippen LogP contribution in [0.15, 0.2) is 24.3 Å². The van der Waals surface area contributed by atoms with Gasteiger partial charge in [-0.05, 0) is 38.1 Å². The molecule has 112 valence electrons. The molecule has 6 heteroatoms. The Morgan fingerprint density at radius 1 is 1.29 bits per heavy atom. The molecule has 1 atom stereocenters. The van der Waals surface area contributed by atoms with Crippen molar-refractivity contribution < 1.29 is 24.2 Å². The molecule has 0 bridgehead atoms. The Bertz CT molecular complexity index is 564. The maximum absolute atomic E-state index is 11.8. The number of nitrogens with zero attached hydrogens (tertiary/aromatic N) is 1. The highest BCUT2D eigenvalue weighted by Crippen LogP contribution is 2.25. The third-order valence-electron chi connectivity index (χ3n) is 3.23. The minimum absolute atomic E-state index is 0.00642. The molecule has 1 N–H and O–H groups in total. The van der Waals surface area contributed by atoms with E-state index in [4.69, 9.17) is 9.84 Å². The van der Waals surface area contributed by atoms with Gasteiger partial charge in [-0.2, -0.15) is 0 Å². The number of ether oxygens (including phenoxy) is 1. The average Bonchev–Trinajstić information content (AvgIpc) is 2.80. The summed E-state index contributed by atoms with van der Waals surface area (Å²) in [5.74, 6) is -2.29. The predicted octanol–water partition coefficient (Wildman–Crippen LogP) is 1.69. The van der Waals surface area contributed by atoms with Crippen LogP contribution >= 0.6 is 0 Å². The van der Waals surface area contributed by atoms with Crippen LogP contribution in [0.1, 0.15) is 30.6 Å². The van der Waals surface area contributed by atoms with Gasteiger partial charge in [0.05, 0.1) is 17.6 Å². The zero-order valence-electron chi connectivity index (χ0n) is 11.9. The van der Waals surface area contributed by atoms with Crippen molar-refractivity contribution in [1.29, 1.82) is 0 Å². The quantitative estimate of drug-likeness (QED) is 0.853. The number of aliphatic carboxylic acids is 1. The van der Waals surface area contributed by atoms with Crippen molar-refractivity contribution in [3.63, 3.8) is 0 Å². The van der Waals surface area contributed by atoms with E-state index in [1.54, 1.807) is 38.1 Å². The Morgan fingerprint density at radius 2 is 1.90 bits per heavy atom. The second kappa shape index (κ2) is 5.95. The molecule has 0 aromatic heterocycles. The first-order valence-corrected chi connectivity index (χ1v) is 6.72. The summed E-state index contributed by atoms with van der Waals surface area (Å²) in [4.78, 5) is 35.9. The minimum atomic E-state index is -0.969. The van der Waals surface area contributed by atoms with Gasteiger partial charge in [0, 0.05) is 18.7 Å². The van der Waals surface area contributed by atoms with Crippen LogP contribution in [0.3, 0.4) is 0 Å². The molecule has 1 aromatic carbocycles. The van der Waals surface area contributed by atoms with E-state index in [1.807, 2.05) is 0 Å². The average molecular weight is 291 g/mol. The summed E-state index contributed by atoms with van der Waals surface area (Å²) in [6, 6.07) is 6.39. The number of carboxylic acid groups (broad SMARTS) is 1. The number of benzene rings is 1. The Morgan fingerprint density at radius 3 is 2.38 bits per heavy atom. The summed E-state index contributed by atoms with van der Waals surface area (Å²) < 4.78 is 5.07. The lowest BCUT2D eigenvalue weighted by Crippen LogP contribution is -2.25. The van der Waals surface area contributed by atoms with E-state index in [0.717, 1.165) is 0 Å². The molecule has 1 aliphatic heterocycles. The molecule has 0 spiro atoms. The van der Waals surface area contributed by atoms with Gasteiger partial charge >= 0.3 is 11.9 Å². The van der Waals surface area contributed by atoms with Crippen molar-refractivity contribution in [3.05, 3.63) is 29.8 Å². The summed E-state index contributed by atoms with van der Waals surface area (Å²) in [5.41, 5.74) is 0.985. The van der Waals surface area contributed by atoms with Crippen molar-refractivity contribution >= 4 is 23.5 Å². The Hall–Kier alpha value is -2.37.